The maximum absolute atomic E-state index is 2.40. The van der Waals surface area contributed by atoms with E-state index in [1.165, 1.54) is 28.4 Å². The molecule has 0 spiro atoms. The van der Waals surface area contributed by atoms with Crippen molar-refractivity contribution < 1.29 is 0 Å². The van der Waals surface area contributed by atoms with Crippen molar-refractivity contribution in [2.45, 2.75) is 0 Å². The maximum atomic E-state index is 2.40. The van der Waals surface area contributed by atoms with Gasteiger partial charge in [0.25, 0.3) is 0 Å². The van der Waals surface area contributed by atoms with Crippen molar-refractivity contribution in [3.8, 4) is 0 Å². The number of fused-ring (bicyclic) bond motifs is 2. The number of anilines is 5. The van der Waals surface area contributed by atoms with Crippen molar-refractivity contribution in [1.82, 2.24) is 0 Å². The van der Waals surface area contributed by atoms with Gasteiger partial charge in [0, 0.05) is 14.1 Å². The van der Waals surface area contributed by atoms with Crippen molar-refractivity contribution in [2.75, 3.05) is 35.5 Å². The Morgan fingerprint density at radius 1 is 0.778 bits per heavy atom. The summed E-state index contributed by atoms with van der Waals surface area (Å²) in [6.45, 7) is 0.928. The fourth-order valence-corrected chi connectivity index (χ4v) is 3.04. The highest BCUT2D eigenvalue weighted by Crippen LogP contribution is 2.53. The largest absolute Gasteiger partial charge is 0.355 e. The van der Waals surface area contributed by atoms with Crippen molar-refractivity contribution in [3.63, 3.8) is 0 Å². The number of nitrogens with zero attached hydrogens (tertiary/aromatic N) is 3. The second kappa shape index (κ2) is 3.19. The van der Waals surface area contributed by atoms with Gasteiger partial charge in [-0.1, -0.05) is 18.2 Å². The molecule has 3 nitrogen and oxygen atoms in total. The van der Waals surface area contributed by atoms with Gasteiger partial charge >= 0.3 is 0 Å². The molecular weight excluding hydrogens is 222 g/mol. The Morgan fingerprint density at radius 2 is 1.44 bits per heavy atom. The molecule has 0 aliphatic carbocycles. The summed E-state index contributed by atoms with van der Waals surface area (Å²) in [5.74, 6) is 0. The first-order valence-electron chi connectivity index (χ1n) is 6.22. The van der Waals surface area contributed by atoms with E-state index in [4.69, 9.17) is 0 Å². The SMILES string of the molecule is CN1CN2c3ccccc3N(C)c3cccc1c32. The van der Waals surface area contributed by atoms with Gasteiger partial charge in [-0.2, -0.15) is 0 Å². The van der Waals surface area contributed by atoms with E-state index < -0.39 is 0 Å². The highest BCUT2D eigenvalue weighted by Gasteiger charge is 2.33. The Hall–Kier alpha value is -2.16. The summed E-state index contributed by atoms with van der Waals surface area (Å²) in [6, 6.07) is 15.1. The minimum absolute atomic E-state index is 0.928. The highest BCUT2D eigenvalue weighted by molar-refractivity contribution is 6.00. The monoisotopic (exact) mass is 237 g/mol. The van der Waals surface area contributed by atoms with Gasteiger partial charge in [-0.05, 0) is 24.3 Å². The maximum Gasteiger partial charge on any atom is 0.0951 e. The topological polar surface area (TPSA) is 9.72 Å². The third kappa shape index (κ3) is 1.04. The number of benzene rings is 2. The normalized spacial score (nSPS) is 15.8. The number of rotatable bonds is 0. The molecule has 0 amide bonds. The summed E-state index contributed by atoms with van der Waals surface area (Å²) in [7, 11) is 4.29. The van der Waals surface area contributed by atoms with E-state index in [0.29, 0.717) is 0 Å². The van der Waals surface area contributed by atoms with Gasteiger partial charge in [0.1, 0.15) is 0 Å². The molecule has 18 heavy (non-hydrogen) atoms. The summed E-state index contributed by atoms with van der Waals surface area (Å²) in [5, 5.41) is 0. The van der Waals surface area contributed by atoms with Crippen molar-refractivity contribution in [3.05, 3.63) is 42.5 Å². The van der Waals surface area contributed by atoms with Gasteiger partial charge < -0.3 is 14.7 Å². The minimum atomic E-state index is 0.928. The summed E-state index contributed by atoms with van der Waals surface area (Å²) >= 11 is 0. The van der Waals surface area contributed by atoms with Gasteiger partial charge in [0.15, 0.2) is 0 Å². The van der Waals surface area contributed by atoms with Crippen LogP contribution < -0.4 is 14.7 Å². The molecule has 0 unspecified atom stereocenters. The predicted molar refractivity (Wildman–Crippen MR) is 76.4 cm³/mol. The first kappa shape index (κ1) is 9.83. The lowest BCUT2D eigenvalue weighted by Gasteiger charge is -2.35. The molecule has 2 aliphatic heterocycles. The van der Waals surface area contributed by atoms with E-state index in [1.807, 2.05) is 0 Å². The number of hydrogen-bond acceptors (Lipinski definition) is 3. The van der Waals surface area contributed by atoms with Gasteiger partial charge in [-0.3, -0.25) is 0 Å². The van der Waals surface area contributed by atoms with Crippen LogP contribution in [0.3, 0.4) is 0 Å². The second-order valence-corrected chi connectivity index (χ2v) is 4.96. The summed E-state index contributed by atoms with van der Waals surface area (Å²) < 4.78 is 0. The standard InChI is InChI=1S/C15H15N3/c1-16-10-18-12-7-4-3-6-11(12)17(2)14-9-5-8-13(16)15(14)18/h3-9H,10H2,1-2H3. The highest BCUT2D eigenvalue weighted by atomic mass is 15.4. The van der Waals surface area contributed by atoms with E-state index in [-0.39, 0.29) is 0 Å². The Kier molecular flexibility index (Phi) is 1.74. The molecule has 2 aliphatic rings. The molecule has 2 aromatic rings. The zero-order chi connectivity index (χ0) is 12.3. The van der Waals surface area contributed by atoms with Crippen LogP contribution in [0.4, 0.5) is 28.4 Å². The van der Waals surface area contributed by atoms with Crippen LogP contribution in [-0.2, 0) is 0 Å². The van der Waals surface area contributed by atoms with Crippen LogP contribution in [0, 0.1) is 0 Å². The molecule has 4 rings (SSSR count). The average molecular weight is 237 g/mol. The third-order valence-corrected chi connectivity index (χ3v) is 3.92. The minimum Gasteiger partial charge on any atom is -0.355 e. The van der Waals surface area contributed by atoms with Crippen molar-refractivity contribution in [2.24, 2.45) is 0 Å². The van der Waals surface area contributed by atoms with E-state index in [9.17, 15) is 0 Å². The molecule has 0 saturated carbocycles. The molecule has 0 aromatic heterocycles. The molecule has 2 heterocycles. The molecule has 0 bridgehead atoms. The number of hydrogen-bond donors (Lipinski definition) is 0. The van der Waals surface area contributed by atoms with Crippen LogP contribution >= 0.6 is 0 Å². The third-order valence-electron chi connectivity index (χ3n) is 3.92. The Morgan fingerprint density at radius 3 is 2.28 bits per heavy atom. The molecular formula is C15H15N3. The fourth-order valence-electron chi connectivity index (χ4n) is 3.04. The Bertz CT molecular complexity index is 635. The second-order valence-electron chi connectivity index (χ2n) is 4.96. The molecule has 3 heteroatoms. The molecule has 2 aromatic carbocycles. The van der Waals surface area contributed by atoms with Crippen molar-refractivity contribution >= 4 is 28.4 Å². The molecule has 90 valence electrons. The van der Waals surface area contributed by atoms with E-state index in [0.717, 1.165) is 6.67 Å². The number of para-hydroxylation sites is 3. The van der Waals surface area contributed by atoms with Crippen LogP contribution in [0.1, 0.15) is 0 Å². The van der Waals surface area contributed by atoms with Crippen LogP contribution in [0.25, 0.3) is 0 Å². The average Bonchev–Trinajstić information content (AvgIpc) is 2.75. The van der Waals surface area contributed by atoms with Gasteiger partial charge in [0.05, 0.1) is 35.1 Å². The zero-order valence-electron chi connectivity index (χ0n) is 10.6. The first-order chi connectivity index (χ1) is 8.77. The lowest BCUT2D eigenvalue weighted by Crippen LogP contribution is -2.28. The molecule has 0 atom stereocenters. The van der Waals surface area contributed by atoms with E-state index >= 15 is 0 Å². The van der Waals surface area contributed by atoms with E-state index in [2.05, 4.69) is 71.3 Å². The first-order valence-corrected chi connectivity index (χ1v) is 6.22. The fraction of sp³-hybridized carbons (Fsp3) is 0.200. The molecule has 0 fully saturated rings. The quantitative estimate of drug-likeness (QED) is 0.696. The van der Waals surface area contributed by atoms with E-state index in [1.54, 1.807) is 0 Å². The Labute approximate surface area is 107 Å². The van der Waals surface area contributed by atoms with Gasteiger partial charge in [0.2, 0.25) is 0 Å². The van der Waals surface area contributed by atoms with Crippen LogP contribution in [-0.4, -0.2) is 20.8 Å². The summed E-state index contributed by atoms with van der Waals surface area (Å²) in [5.41, 5.74) is 6.51. The Balaban J connectivity index is 2.05. The van der Waals surface area contributed by atoms with Crippen LogP contribution in [0.15, 0.2) is 42.5 Å². The lowest BCUT2D eigenvalue weighted by atomic mass is 10.1. The summed E-state index contributed by atoms with van der Waals surface area (Å²) in [6.07, 6.45) is 0. The van der Waals surface area contributed by atoms with Gasteiger partial charge in [-0.15, -0.1) is 0 Å². The van der Waals surface area contributed by atoms with Crippen LogP contribution in [0.5, 0.6) is 0 Å². The lowest BCUT2D eigenvalue weighted by molar-refractivity contribution is 0.940. The smallest absolute Gasteiger partial charge is 0.0951 e. The van der Waals surface area contributed by atoms with Crippen molar-refractivity contribution in [1.29, 1.82) is 0 Å². The zero-order valence-corrected chi connectivity index (χ0v) is 10.6. The van der Waals surface area contributed by atoms with Crippen LogP contribution in [0.2, 0.25) is 0 Å². The predicted octanol–water partition coefficient (Wildman–Crippen LogP) is 3.31. The molecule has 0 N–H and O–H groups in total. The van der Waals surface area contributed by atoms with Gasteiger partial charge in [-0.25, -0.2) is 0 Å². The molecule has 0 saturated heterocycles. The molecule has 0 radical (unpaired) electrons. The summed E-state index contributed by atoms with van der Waals surface area (Å²) in [4.78, 5) is 6.98.